The van der Waals surface area contributed by atoms with Crippen molar-refractivity contribution < 1.29 is 14.6 Å². The van der Waals surface area contributed by atoms with E-state index in [1.165, 1.54) is 0 Å². The SMILES string of the molecule is CC(C)CCOCCOC1CCC(CO)CC1. The van der Waals surface area contributed by atoms with E-state index in [0.717, 1.165) is 38.7 Å². The highest BCUT2D eigenvalue weighted by Crippen LogP contribution is 2.25. The predicted molar refractivity (Wildman–Crippen MR) is 69.1 cm³/mol. The van der Waals surface area contributed by atoms with E-state index in [1.807, 2.05) is 0 Å². The van der Waals surface area contributed by atoms with Gasteiger partial charge in [0.2, 0.25) is 0 Å². The topological polar surface area (TPSA) is 38.7 Å². The van der Waals surface area contributed by atoms with Crippen LogP contribution in [0.1, 0.15) is 46.0 Å². The molecule has 0 bridgehead atoms. The summed E-state index contributed by atoms with van der Waals surface area (Å²) in [5, 5.41) is 9.03. The summed E-state index contributed by atoms with van der Waals surface area (Å²) >= 11 is 0. The summed E-state index contributed by atoms with van der Waals surface area (Å²) in [5.41, 5.74) is 0. The van der Waals surface area contributed by atoms with Gasteiger partial charge in [-0.05, 0) is 43.9 Å². The second kappa shape index (κ2) is 8.90. The summed E-state index contributed by atoms with van der Waals surface area (Å²) in [6.07, 6.45) is 5.92. The van der Waals surface area contributed by atoms with Crippen LogP contribution in [0.5, 0.6) is 0 Å². The van der Waals surface area contributed by atoms with E-state index in [9.17, 15) is 0 Å². The molecule has 0 aromatic carbocycles. The van der Waals surface area contributed by atoms with Gasteiger partial charge in [0, 0.05) is 13.2 Å². The van der Waals surface area contributed by atoms with Crippen molar-refractivity contribution >= 4 is 0 Å². The number of hydrogen-bond acceptors (Lipinski definition) is 3. The molecule has 1 saturated carbocycles. The molecule has 1 aliphatic rings. The average molecular weight is 244 g/mol. The van der Waals surface area contributed by atoms with Crippen LogP contribution in [0.4, 0.5) is 0 Å². The lowest BCUT2D eigenvalue weighted by Gasteiger charge is -2.27. The molecule has 0 aromatic rings. The molecule has 0 spiro atoms. The van der Waals surface area contributed by atoms with Gasteiger partial charge in [0.1, 0.15) is 0 Å². The molecular formula is C14H28O3. The Morgan fingerprint density at radius 1 is 1.06 bits per heavy atom. The lowest BCUT2D eigenvalue weighted by atomic mass is 9.88. The van der Waals surface area contributed by atoms with Crippen molar-refractivity contribution in [3.63, 3.8) is 0 Å². The van der Waals surface area contributed by atoms with Crippen molar-refractivity contribution in [3.8, 4) is 0 Å². The largest absolute Gasteiger partial charge is 0.396 e. The molecule has 0 unspecified atom stereocenters. The molecule has 1 aliphatic carbocycles. The van der Waals surface area contributed by atoms with Gasteiger partial charge < -0.3 is 14.6 Å². The van der Waals surface area contributed by atoms with E-state index < -0.39 is 0 Å². The molecule has 1 rings (SSSR count). The van der Waals surface area contributed by atoms with Crippen LogP contribution in [-0.4, -0.2) is 37.6 Å². The Morgan fingerprint density at radius 2 is 1.76 bits per heavy atom. The first-order chi connectivity index (χ1) is 8.22. The van der Waals surface area contributed by atoms with Gasteiger partial charge in [0.25, 0.3) is 0 Å². The first kappa shape index (κ1) is 14.9. The average Bonchev–Trinajstić information content (AvgIpc) is 2.34. The van der Waals surface area contributed by atoms with Crippen molar-refractivity contribution in [2.45, 2.75) is 52.1 Å². The molecular weight excluding hydrogens is 216 g/mol. The molecule has 0 heterocycles. The van der Waals surface area contributed by atoms with Crippen molar-refractivity contribution in [3.05, 3.63) is 0 Å². The Kier molecular flexibility index (Phi) is 7.82. The molecule has 0 aliphatic heterocycles. The highest BCUT2D eigenvalue weighted by molar-refractivity contribution is 4.72. The molecule has 0 radical (unpaired) electrons. The zero-order valence-corrected chi connectivity index (χ0v) is 11.4. The summed E-state index contributed by atoms with van der Waals surface area (Å²) in [7, 11) is 0. The van der Waals surface area contributed by atoms with Crippen LogP contribution in [0.25, 0.3) is 0 Å². The summed E-state index contributed by atoms with van der Waals surface area (Å²) < 4.78 is 11.3. The maximum atomic E-state index is 9.03. The summed E-state index contributed by atoms with van der Waals surface area (Å²) in [4.78, 5) is 0. The number of aliphatic hydroxyl groups is 1. The van der Waals surface area contributed by atoms with E-state index >= 15 is 0 Å². The fourth-order valence-corrected chi connectivity index (χ4v) is 2.18. The van der Waals surface area contributed by atoms with Gasteiger partial charge in [0.15, 0.2) is 0 Å². The third kappa shape index (κ3) is 7.02. The Labute approximate surface area is 105 Å². The first-order valence-electron chi connectivity index (χ1n) is 7.02. The van der Waals surface area contributed by atoms with E-state index in [0.29, 0.717) is 37.8 Å². The molecule has 3 heteroatoms. The van der Waals surface area contributed by atoms with Crippen LogP contribution >= 0.6 is 0 Å². The molecule has 0 amide bonds. The Balaban J connectivity index is 1.90. The molecule has 0 aromatic heterocycles. The lowest BCUT2D eigenvalue weighted by molar-refractivity contribution is -0.0210. The standard InChI is InChI=1S/C14H28O3/c1-12(2)7-8-16-9-10-17-14-5-3-13(11-15)4-6-14/h12-15H,3-11H2,1-2H3. The minimum absolute atomic E-state index is 0.338. The van der Waals surface area contributed by atoms with Gasteiger partial charge in [0.05, 0.1) is 19.3 Å². The third-order valence-electron chi connectivity index (χ3n) is 3.47. The second-order valence-corrected chi connectivity index (χ2v) is 5.49. The quantitative estimate of drug-likeness (QED) is 0.667. The Hall–Kier alpha value is -0.120. The van der Waals surface area contributed by atoms with E-state index in [2.05, 4.69) is 13.8 Å². The highest BCUT2D eigenvalue weighted by atomic mass is 16.5. The van der Waals surface area contributed by atoms with Gasteiger partial charge in [-0.25, -0.2) is 0 Å². The van der Waals surface area contributed by atoms with Crippen molar-refractivity contribution in [1.82, 2.24) is 0 Å². The van der Waals surface area contributed by atoms with Crippen LogP contribution in [0.3, 0.4) is 0 Å². The summed E-state index contributed by atoms with van der Waals surface area (Å²) in [5.74, 6) is 1.22. The summed E-state index contributed by atoms with van der Waals surface area (Å²) in [6, 6.07) is 0. The maximum absolute atomic E-state index is 9.03. The van der Waals surface area contributed by atoms with Crippen molar-refractivity contribution in [2.24, 2.45) is 11.8 Å². The molecule has 0 atom stereocenters. The van der Waals surface area contributed by atoms with Crippen LogP contribution in [0, 0.1) is 11.8 Å². The minimum Gasteiger partial charge on any atom is -0.396 e. The molecule has 3 nitrogen and oxygen atoms in total. The zero-order valence-electron chi connectivity index (χ0n) is 11.4. The number of ether oxygens (including phenoxy) is 2. The van der Waals surface area contributed by atoms with Gasteiger partial charge in [-0.3, -0.25) is 0 Å². The van der Waals surface area contributed by atoms with Crippen LogP contribution in [-0.2, 0) is 9.47 Å². The van der Waals surface area contributed by atoms with Gasteiger partial charge in [-0.2, -0.15) is 0 Å². The molecule has 1 N–H and O–H groups in total. The van der Waals surface area contributed by atoms with Gasteiger partial charge in [-0.1, -0.05) is 13.8 Å². The van der Waals surface area contributed by atoms with Crippen LogP contribution in [0.2, 0.25) is 0 Å². The third-order valence-corrected chi connectivity index (χ3v) is 3.47. The van der Waals surface area contributed by atoms with Crippen molar-refractivity contribution in [1.29, 1.82) is 0 Å². The van der Waals surface area contributed by atoms with E-state index in [-0.39, 0.29) is 0 Å². The van der Waals surface area contributed by atoms with E-state index in [4.69, 9.17) is 14.6 Å². The maximum Gasteiger partial charge on any atom is 0.0704 e. The monoisotopic (exact) mass is 244 g/mol. The molecule has 102 valence electrons. The number of rotatable bonds is 8. The van der Waals surface area contributed by atoms with Gasteiger partial charge in [-0.15, -0.1) is 0 Å². The lowest BCUT2D eigenvalue weighted by Crippen LogP contribution is -2.24. The number of hydrogen-bond donors (Lipinski definition) is 1. The van der Waals surface area contributed by atoms with Gasteiger partial charge >= 0.3 is 0 Å². The smallest absolute Gasteiger partial charge is 0.0704 e. The molecule has 0 saturated heterocycles. The Bertz CT molecular complexity index is 174. The number of aliphatic hydroxyl groups excluding tert-OH is 1. The Morgan fingerprint density at radius 3 is 2.35 bits per heavy atom. The normalized spacial score (nSPS) is 25.4. The summed E-state index contributed by atoms with van der Waals surface area (Å²) in [6.45, 7) is 7.03. The predicted octanol–water partition coefficient (Wildman–Crippen LogP) is 2.62. The van der Waals surface area contributed by atoms with Crippen LogP contribution < -0.4 is 0 Å². The molecule has 1 fully saturated rings. The molecule has 17 heavy (non-hydrogen) atoms. The van der Waals surface area contributed by atoms with Crippen LogP contribution in [0.15, 0.2) is 0 Å². The first-order valence-corrected chi connectivity index (χ1v) is 7.02. The zero-order chi connectivity index (χ0) is 12.5. The highest BCUT2D eigenvalue weighted by Gasteiger charge is 2.20. The second-order valence-electron chi connectivity index (χ2n) is 5.49. The van der Waals surface area contributed by atoms with Crippen molar-refractivity contribution in [2.75, 3.05) is 26.4 Å². The fourth-order valence-electron chi connectivity index (χ4n) is 2.18. The minimum atomic E-state index is 0.338. The fraction of sp³-hybridized carbons (Fsp3) is 1.00. The van der Waals surface area contributed by atoms with E-state index in [1.54, 1.807) is 0 Å².